The number of carbonyl (C=O) groups excluding carboxylic acids is 2. The summed E-state index contributed by atoms with van der Waals surface area (Å²) >= 11 is 0. The molecule has 0 unspecified atom stereocenters. The van der Waals surface area contributed by atoms with Crippen molar-refractivity contribution in [2.75, 3.05) is 17.7 Å². The molecule has 0 saturated heterocycles. The molecule has 176 valence electrons. The highest BCUT2D eigenvalue weighted by Gasteiger charge is 2.32. The van der Waals surface area contributed by atoms with Crippen LogP contribution in [0.5, 0.6) is 5.75 Å². The molecule has 3 rings (SSSR count). The Hall–Kier alpha value is -3.42. The molecule has 0 atom stereocenters. The third-order valence-corrected chi connectivity index (χ3v) is 5.11. The lowest BCUT2D eigenvalue weighted by molar-refractivity contribution is 0.0968. The Morgan fingerprint density at radius 3 is 2.45 bits per heavy atom. The first-order chi connectivity index (χ1) is 15.7. The van der Waals surface area contributed by atoms with E-state index in [0.29, 0.717) is 28.5 Å². The van der Waals surface area contributed by atoms with Crippen LogP contribution in [0.2, 0.25) is 0 Å². The number of aliphatic imine (C=N–C) groups is 1. The van der Waals surface area contributed by atoms with E-state index >= 15 is 0 Å². The standard InChI is InChI=1S/C25H33N5O3/c1-14(2)27-16(5)18-8-7-9-20(24(18)33-6)29-21-12-22(30-25(32)28-15(3)4)26-13-19(21)23(31)17-10-11-17/h7-9,12-15,17H,10-11H2,1-6H3,(H3,26,28,29,30,32). The highest BCUT2D eigenvalue weighted by Crippen LogP contribution is 2.37. The molecule has 0 radical (unpaired) electrons. The maximum atomic E-state index is 12.9. The Kier molecular flexibility index (Phi) is 7.68. The van der Waals surface area contributed by atoms with Crippen LogP contribution in [-0.4, -0.2) is 41.7 Å². The quantitative estimate of drug-likeness (QED) is 0.360. The van der Waals surface area contributed by atoms with Gasteiger partial charge in [-0.1, -0.05) is 6.07 Å². The number of pyridine rings is 1. The van der Waals surface area contributed by atoms with E-state index in [0.717, 1.165) is 24.1 Å². The number of amides is 2. The summed E-state index contributed by atoms with van der Waals surface area (Å²) in [6.45, 7) is 9.75. The first-order valence-electron chi connectivity index (χ1n) is 11.3. The van der Waals surface area contributed by atoms with Gasteiger partial charge in [-0.15, -0.1) is 0 Å². The van der Waals surface area contributed by atoms with Gasteiger partial charge in [-0.2, -0.15) is 0 Å². The minimum absolute atomic E-state index is 0.0129. The van der Waals surface area contributed by atoms with Gasteiger partial charge in [0.1, 0.15) is 5.82 Å². The Morgan fingerprint density at radius 2 is 1.85 bits per heavy atom. The van der Waals surface area contributed by atoms with Gasteiger partial charge in [0.2, 0.25) is 0 Å². The van der Waals surface area contributed by atoms with Gasteiger partial charge >= 0.3 is 6.03 Å². The SMILES string of the molecule is COc1c(Nc2cc(NC(=O)NC(C)C)ncc2C(=O)C2CC2)cccc1C(C)=NC(C)C. The molecule has 1 fully saturated rings. The van der Waals surface area contributed by atoms with Gasteiger partial charge in [-0.3, -0.25) is 15.1 Å². The van der Waals surface area contributed by atoms with E-state index in [9.17, 15) is 9.59 Å². The number of anilines is 3. The Morgan fingerprint density at radius 1 is 1.12 bits per heavy atom. The van der Waals surface area contributed by atoms with E-state index in [1.54, 1.807) is 13.2 Å². The van der Waals surface area contributed by atoms with Gasteiger partial charge in [-0.05, 0) is 59.6 Å². The minimum atomic E-state index is -0.357. The number of ketones is 1. The topological polar surface area (TPSA) is 105 Å². The van der Waals surface area contributed by atoms with Crippen LogP contribution in [0, 0.1) is 5.92 Å². The first kappa shape index (κ1) is 24.2. The summed E-state index contributed by atoms with van der Waals surface area (Å²) in [5, 5.41) is 8.84. The molecule has 3 N–H and O–H groups in total. The number of ether oxygens (including phenoxy) is 1. The molecular formula is C25H33N5O3. The number of aromatic nitrogens is 1. The summed E-state index contributed by atoms with van der Waals surface area (Å²) in [5.41, 5.74) is 3.49. The van der Waals surface area contributed by atoms with Crippen LogP contribution in [0.3, 0.4) is 0 Å². The van der Waals surface area contributed by atoms with Crippen molar-refractivity contribution in [3.63, 3.8) is 0 Å². The van der Waals surface area contributed by atoms with E-state index < -0.39 is 0 Å². The van der Waals surface area contributed by atoms with Crippen molar-refractivity contribution in [1.82, 2.24) is 10.3 Å². The number of urea groups is 1. The molecule has 0 bridgehead atoms. The monoisotopic (exact) mass is 451 g/mol. The Balaban J connectivity index is 1.99. The summed E-state index contributed by atoms with van der Waals surface area (Å²) in [4.78, 5) is 34.0. The van der Waals surface area contributed by atoms with Gasteiger partial charge in [0.05, 0.1) is 24.0 Å². The van der Waals surface area contributed by atoms with Gasteiger partial charge in [-0.25, -0.2) is 9.78 Å². The smallest absolute Gasteiger partial charge is 0.320 e. The molecule has 0 aliphatic heterocycles. The van der Waals surface area contributed by atoms with Crippen LogP contribution >= 0.6 is 0 Å². The van der Waals surface area contributed by atoms with Gasteiger partial charge in [0.15, 0.2) is 11.5 Å². The molecule has 1 aliphatic carbocycles. The summed E-state index contributed by atoms with van der Waals surface area (Å²) in [6, 6.07) is 7.22. The van der Waals surface area contributed by atoms with Crippen LogP contribution in [-0.2, 0) is 0 Å². The highest BCUT2D eigenvalue weighted by molar-refractivity contribution is 6.06. The van der Waals surface area contributed by atoms with Gasteiger partial charge in [0, 0.05) is 41.5 Å². The number of Topliss-reactive ketones (excluding diaryl/α,β-unsaturated/α-hetero) is 1. The molecule has 8 nitrogen and oxygen atoms in total. The average Bonchev–Trinajstić information content (AvgIpc) is 3.57. The van der Waals surface area contributed by atoms with Crippen LogP contribution in [0.4, 0.5) is 22.0 Å². The molecule has 1 saturated carbocycles. The number of nitrogens with one attached hydrogen (secondary N) is 3. The second-order valence-corrected chi connectivity index (χ2v) is 8.83. The molecule has 0 spiro atoms. The fraction of sp³-hybridized carbons (Fsp3) is 0.440. The van der Waals surface area contributed by atoms with E-state index in [2.05, 4.69) is 25.9 Å². The number of hydrogen-bond donors (Lipinski definition) is 3. The minimum Gasteiger partial charge on any atom is -0.494 e. The van der Waals surface area contributed by atoms with Crippen molar-refractivity contribution in [3.05, 3.63) is 41.6 Å². The second-order valence-electron chi connectivity index (χ2n) is 8.83. The lowest BCUT2D eigenvalue weighted by atomic mass is 10.1. The molecule has 8 heteroatoms. The Labute approximate surface area is 195 Å². The van der Waals surface area contributed by atoms with E-state index in [4.69, 9.17) is 4.74 Å². The van der Waals surface area contributed by atoms with Crippen molar-refractivity contribution < 1.29 is 14.3 Å². The second kappa shape index (κ2) is 10.5. The number of hydrogen-bond acceptors (Lipinski definition) is 6. The highest BCUT2D eigenvalue weighted by atomic mass is 16.5. The maximum Gasteiger partial charge on any atom is 0.320 e. The normalized spacial score (nSPS) is 13.8. The van der Waals surface area contributed by atoms with Crippen molar-refractivity contribution in [3.8, 4) is 5.75 Å². The van der Waals surface area contributed by atoms with Crippen LogP contribution in [0.15, 0.2) is 35.5 Å². The predicted molar refractivity (Wildman–Crippen MR) is 132 cm³/mol. The van der Waals surface area contributed by atoms with Crippen molar-refractivity contribution in [1.29, 1.82) is 0 Å². The third-order valence-electron chi connectivity index (χ3n) is 5.11. The van der Waals surface area contributed by atoms with Crippen LogP contribution in [0.1, 0.15) is 63.4 Å². The zero-order valence-electron chi connectivity index (χ0n) is 20.2. The molecule has 1 heterocycles. The maximum absolute atomic E-state index is 12.9. The molecule has 1 aromatic carbocycles. The molecule has 2 aromatic rings. The molecule has 2 amide bonds. The molecular weight excluding hydrogens is 418 g/mol. The number of rotatable bonds is 9. The average molecular weight is 452 g/mol. The fourth-order valence-corrected chi connectivity index (χ4v) is 3.55. The number of benzene rings is 1. The van der Waals surface area contributed by atoms with E-state index in [1.165, 1.54) is 6.20 Å². The van der Waals surface area contributed by atoms with E-state index in [-0.39, 0.29) is 29.8 Å². The van der Waals surface area contributed by atoms with Crippen molar-refractivity contribution in [2.45, 2.75) is 59.5 Å². The van der Waals surface area contributed by atoms with Crippen LogP contribution < -0.4 is 20.7 Å². The lowest BCUT2D eigenvalue weighted by Gasteiger charge is -2.18. The summed E-state index contributed by atoms with van der Waals surface area (Å²) in [5.74, 6) is 1.06. The number of methoxy groups -OCH3 is 1. The van der Waals surface area contributed by atoms with Crippen molar-refractivity contribution in [2.24, 2.45) is 10.9 Å². The fourth-order valence-electron chi connectivity index (χ4n) is 3.55. The summed E-state index contributed by atoms with van der Waals surface area (Å²) in [7, 11) is 1.61. The first-order valence-corrected chi connectivity index (χ1v) is 11.3. The van der Waals surface area contributed by atoms with Crippen molar-refractivity contribution >= 4 is 34.7 Å². The summed E-state index contributed by atoms with van der Waals surface area (Å²) in [6.07, 6.45) is 3.30. The van der Waals surface area contributed by atoms with Crippen LogP contribution in [0.25, 0.3) is 0 Å². The lowest BCUT2D eigenvalue weighted by Crippen LogP contribution is -2.34. The largest absolute Gasteiger partial charge is 0.494 e. The van der Waals surface area contributed by atoms with Gasteiger partial charge in [0.25, 0.3) is 0 Å². The van der Waals surface area contributed by atoms with E-state index in [1.807, 2.05) is 52.8 Å². The number of carbonyl (C=O) groups is 2. The summed E-state index contributed by atoms with van der Waals surface area (Å²) < 4.78 is 5.73. The molecule has 1 aliphatic rings. The zero-order chi connectivity index (χ0) is 24.1. The number of nitrogens with zero attached hydrogens (tertiary/aromatic N) is 2. The van der Waals surface area contributed by atoms with Gasteiger partial charge < -0.3 is 15.4 Å². The number of para-hydroxylation sites is 1. The molecule has 1 aromatic heterocycles. The Bertz CT molecular complexity index is 1060. The zero-order valence-corrected chi connectivity index (χ0v) is 20.2. The molecule has 33 heavy (non-hydrogen) atoms. The predicted octanol–water partition coefficient (Wildman–Crippen LogP) is 5.17. The third kappa shape index (κ3) is 6.31.